The lowest BCUT2D eigenvalue weighted by molar-refractivity contribution is -0.140. The quantitative estimate of drug-likeness (QED) is 0.225. The van der Waals surface area contributed by atoms with Crippen LogP contribution in [0.2, 0.25) is 10.0 Å². The highest BCUT2D eigenvalue weighted by atomic mass is 35.5. The summed E-state index contributed by atoms with van der Waals surface area (Å²) < 4.78 is 31.5. The summed E-state index contributed by atoms with van der Waals surface area (Å²) in [5.74, 6) is -3.03. The standard InChI is InChI=1S/C27H23Cl2N3O7S/c1-40(37,38)32(21(27(31)36)12-23(33)34)13-14-3-2-4-15(9-14)16-5-7-19-22(10-16)39-26(24(19)30)25(35)18-8-6-17(28)11-20(18)29/h2-11,21H,12-13,30H2,1H3,(H2,31,36)(H,33,34)/t21-/m0/s1. The second-order valence-electron chi connectivity index (χ2n) is 9.03. The number of anilines is 1. The SMILES string of the molecule is CS(=O)(=O)N(Cc1cccc(-c2ccc3c(N)c(C(=O)c4ccc(Cl)cc4Cl)oc3c2)c1)[C@@H](CC(=O)O)C(N)=O. The number of sulfonamides is 1. The molecule has 1 atom stereocenters. The second kappa shape index (κ2) is 11.3. The first-order chi connectivity index (χ1) is 18.8. The van der Waals surface area contributed by atoms with E-state index in [1.54, 1.807) is 42.5 Å². The van der Waals surface area contributed by atoms with E-state index in [0.29, 0.717) is 32.7 Å². The first-order valence-corrected chi connectivity index (χ1v) is 14.3. The maximum absolute atomic E-state index is 13.1. The lowest BCUT2D eigenvalue weighted by Crippen LogP contribution is -2.48. The number of rotatable bonds is 10. The van der Waals surface area contributed by atoms with Crippen molar-refractivity contribution in [2.75, 3.05) is 12.0 Å². The van der Waals surface area contributed by atoms with Gasteiger partial charge in [0.05, 0.1) is 23.4 Å². The first-order valence-electron chi connectivity index (χ1n) is 11.6. The molecule has 0 saturated heterocycles. The molecule has 1 heterocycles. The number of amides is 1. The molecular formula is C27H23Cl2N3O7S. The summed E-state index contributed by atoms with van der Waals surface area (Å²) in [5, 5.41) is 10.2. The third-order valence-corrected chi connectivity index (χ3v) is 7.96. The Hall–Kier alpha value is -3.90. The van der Waals surface area contributed by atoms with Gasteiger partial charge in [-0.25, -0.2) is 8.42 Å². The van der Waals surface area contributed by atoms with E-state index in [2.05, 4.69) is 0 Å². The van der Waals surface area contributed by atoms with Crippen molar-refractivity contribution in [2.45, 2.75) is 19.0 Å². The minimum absolute atomic E-state index is 0.0789. The summed E-state index contributed by atoms with van der Waals surface area (Å²) in [5.41, 5.74) is 14.0. The summed E-state index contributed by atoms with van der Waals surface area (Å²) in [6, 6.07) is 14.8. The highest BCUT2D eigenvalue weighted by molar-refractivity contribution is 7.88. The van der Waals surface area contributed by atoms with Gasteiger partial charge in [-0.1, -0.05) is 47.5 Å². The van der Waals surface area contributed by atoms with E-state index in [-0.39, 0.29) is 28.6 Å². The van der Waals surface area contributed by atoms with Crippen LogP contribution in [0.3, 0.4) is 0 Å². The number of carbonyl (C=O) groups excluding carboxylic acids is 2. The number of hydrogen-bond acceptors (Lipinski definition) is 7. The number of primary amides is 1. The zero-order valence-electron chi connectivity index (χ0n) is 20.9. The molecule has 0 radical (unpaired) electrons. The monoisotopic (exact) mass is 603 g/mol. The number of carboxylic acids is 1. The lowest BCUT2D eigenvalue weighted by atomic mass is 10.0. The zero-order chi connectivity index (χ0) is 29.4. The van der Waals surface area contributed by atoms with Crippen LogP contribution in [0.4, 0.5) is 5.69 Å². The number of benzene rings is 3. The van der Waals surface area contributed by atoms with Gasteiger partial charge in [0.1, 0.15) is 11.6 Å². The number of hydrogen-bond donors (Lipinski definition) is 3. The highest BCUT2D eigenvalue weighted by Gasteiger charge is 2.33. The Bertz CT molecular complexity index is 1770. The minimum atomic E-state index is -4.01. The van der Waals surface area contributed by atoms with Gasteiger partial charge < -0.3 is 21.0 Å². The van der Waals surface area contributed by atoms with Crippen molar-refractivity contribution in [3.63, 3.8) is 0 Å². The van der Waals surface area contributed by atoms with Gasteiger partial charge in [0.25, 0.3) is 0 Å². The minimum Gasteiger partial charge on any atom is -0.481 e. The molecular weight excluding hydrogens is 581 g/mol. The summed E-state index contributed by atoms with van der Waals surface area (Å²) in [7, 11) is -4.01. The molecule has 0 aliphatic heterocycles. The van der Waals surface area contributed by atoms with Crippen LogP contribution in [0.25, 0.3) is 22.1 Å². The van der Waals surface area contributed by atoms with E-state index in [9.17, 15) is 22.8 Å². The Morgan fingerprint density at radius 2 is 1.73 bits per heavy atom. The second-order valence-corrected chi connectivity index (χ2v) is 11.8. The molecule has 13 heteroatoms. The molecule has 0 saturated carbocycles. The third-order valence-electron chi connectivity index (χ3n) is 6.18. The maximum atomic E-state index is 13.1. The topological polar surface area (TPSA) is 174 Å². The largest absolute Gasteiger partial charge is 0.481 e. The van der Waals surface area contributed by atoms with Crippen LogP contribution >= 0.6 is 23.2 Å². The molecule has 0 spiro atoms. The summed E-state index contributed by atoms with van der Waals surface area (Å²) in [4.78, 5) is 36.3. The summed E-state index contributed by atoms with van der Waals surface area (Å²) in [6.07, 6.45) is 0.0982. The average molecular weight is 604 g/mol. The van der Waals surface area contributed by atoms with E-state index < -0.39 is 40.1 Å². The number of fused-ring (bicyclic) bond motifs is 1. The Labute approximate surface area is 239 Å². The number of nitrogens with zero attached hydrogens (tertiary/aromatic N) is 1. The van der Waals surface area contributed by atoms with Gasteiger partial charge in [-0.05, 0) is 53.1 Å². The fourth-order valence-electron chi connectivity index (χ4n) is 4.26. The van der Waals surface area contributed by atoms with E-state index >= 15 is 0 Å². The first kappa shape index (κ1) is 29.1. The Morgan fingerprint density at radius 1 is 1.02 bits per heavy atom. The molecule has 0 fully saturated rings. The molecule has 0 unspecified atom stereocenters. The van der Waals surface area contributed by atoms with E-state index in [0.717, 1.165) is 10.6 Å². The molecule has 10 nitrogen and oxygen atoms in total. The maximum Gasteiger partial charge on any atom is 0.305 e. The van der Waals surface area contributed by atoms with Crippen LogP contribution in [-0.4, -0.2) is 47.8 Å². The molecule has 0 aliphatic rings. The molecule has 208 valence electrons. The van der Waals surface area contributed by atoms with Crippen molar-refractivity contribution >= 4 is 67.5 Å². The van der Waals surface area contributed by atoms with E-state index in [4.69, 9.17) is 44.2 Å². The normalized spacial score (nSPS) is 12.5. The molecule has 3 aromatic carbocycles. The number of furan rings is 1. The number of carbonyl (C=O) groups is 3. The van der Waals surface area contributed by atoms with Crippen LogP contribution in [0, 0.1) is 0 Å². The van der Waals surface area contributed by atoms with Gasteiger partial charge in [0, 0.05) is 22.5 Å². The third kappa shape index (κ3) is 6.13. The van der Waals surface area contributed by atoms with Gasteiger partial charge in [0.15, 0.2) is 5.76 Å². The van der Waals surface area contributed by atoms with E-state index in [1.807, 2.05) is 0 Å². The van der Waals surface area contributed by atoms with Gasteiger partial charge in [-0.15, -0.1) is 0 Å². The number of halogens is 2. The summed E-state index contributed by atoms with van der Waals surface area (Å²) >= 11 is 12.1. The Kier molecular flexibility index (Phi) is 8.22. The van der Waals surface area contributed by atoms with Crippen LogP contribution < -0.4 is 11.5 Å². The average Bonchev–Trinajstić information content (AvgIpc) is 3.20. The van der Waals surface area contributed by atoms with Gasteiger partial charge >= 0.3 is 5.97 Å². The molecule has 0 aliphatic carbocycles. The van der Waals surface area contributed by atoms with Crippen LogP contribution in [0.1, 0.15) is 28.1 Å². The number of aliphatic carboxylic acids is 1. The number of carboxylic acid groups (broad SMARTS) is 1. The van der Waals surface area contributed by atoms with Crippen molar-refractivity contribution in [3.8, 4) is 11.1 Å². The molecule has 1 amide bonds. The fourth-order valence-corrected chi connectivity index (χ4v) is 5.78. The van der Waals surface area contributed by atoms with Crippen molar-refractivity contribution < 1.29 is 32.3 Å². The molecule has 5 N–H and O–H groups in total. The lowest BCUT2D eigenvalue weighted by Gasteiger charge is -2.26. The number of nitrogen functional groups attached to an aromatic ring is 1. The van der Waals surface area contributed by atoms with Crippen molar-refractivity contribution in [2.24, 2.45) is 5.73 Å². The predicted molar refractivity (Wildman–Crippen MR) is 152 cm³/mol. The highest BCUT2D eigenvalue weighted by Crippen LogP contribution is 2.35. The number of ketones is 1. The van der Waals surface area contributed by atoms with Crippen molar-refractivity contribution in [1.82, 2.24) is 4.31 Å². The van der Waals surface area contributed by atoms with Crippen molar-refractivity contribution in [1.29, 1.82) is 0 Å². The van der Waals surface area contributed by atoms with Crippen LogP contribution in [0.5, 0.6) is 0 Å². The molecule has 0 bridgehead atoms. The number of nitrogens with two attached hydrogens (primary N) is 2. The van der Waals surface area contributed by atoms with Crippen LogP contribution in [0.15, 0.2) is 65.1 Å². The molecule has 4 rings (SSSR count). The van der Waals surface area contributed by atoms with Gasteiger partial charge in [0.2, 0.25) is 21.7 Å². The smallest absolute Gasteiger partial charge is 0.305 e. The van der Waals surface area contributed by atoms with E-state index in [1.165, 1.54) is 18.2 Å². The molecule has 4 aromatic rings. The molecule has 1 aromatic heterocycles. The molecule has 40 heavy (non-hydrogen) atoms. The van der Waals surface area contributed by atoms with Gasteiger partial charge in [-0.2, -0.15) is 4.31 Å². The van der Waals surface area contributed by atoms with Crippen molar-refractivity contribution in [3.05, 3.63) is 87.6 Å². The Balaban J connectivity index is 1.69. The summed E-state index contributed by atoms with van der Waals surface area (Å²) in [6.45, 7) is -0.288. The Morgan fingerprint density at radius 3 is 2.35 bits per heavy atom. The zero-order valence-corrected chi connectivity index (χ0v) is 23.3. The van der Waals surface area contributed by atoms with Crippen LogP contribution in [-0.2, 0) is 26.2 Å². The predicted octanol–water partition coefficient (Wildman–Crippen LogP) is 4.31. The fraction of sp³-hybridized carbons (Fsp3) is 0.148. The van der Waals surface area contributed by atoms with Gasteiger partial charge in [-0.3, -0.25) is 14.4 Å².